The number of nitrogens with two attached hydrogens (primary N) is 1. The van der Waals surface area contributed by atoms with Crippen molar-refractivity contribution in [3.63, 3.8) is 0 Å². The van der Waals surface area contributed by atoms with Gasteiger partial charge >= 0.3 is 0 Å². The molecule has 0 atom stereocenters. The lowest BCUT2D eigenvalue weighted by molar-refractivity contribution is 0.102. The van der Waals surface area contributed by atoms with Crippen LogP contribution in [-0.4, -0.2) is 29.0 Å². The number of carbonyl (C=O) groups is 1. The zero-order valence-electron chi connectivity index (χ0n) is 12.4. The molecule has 2 aromatic heterocycles. The molecule has 124 valence electrons. The smallest absolute Gasteiger partial charge is 0.257 e. The van der Waals surface area contributed by atoms with E-state index in [4.69, 9.17) is 5.73 Å². The summed E-state index contributed by atoms with van der Waals surface area (Å²) in [7, 11) is 0. The number of rotatable bonds is 3. The molecule has 23 heavy (non-hydrogen) atoms. The molecule has 3 heterocycles. The van der Waals surface area contributed by atoms with E-state index in [1.165, 1.54) is 19.0 Å². The molecular formula is C15H19Cl2N5O. The van der Waals surface area contributed by atoms with E-state index in [0.717, 1.165) is 18.9 Å². The van der Waals surface area contributed by atoms with Crippen molar-refractivity contribution in [3.8, 4) is 0 Å². The number of hydrogen-bond donors (Lipinski definition) is 2. The summed E-state index contributed by atoms with van der Waals surface area (Å²) in [5.74, 6) is 1.14. The molecule has 1 aliphatic rings. The fourth-order valence-corrected chi connectivity index (χ4v) is 2.34. The molecule has 0 spiro atoms. The third-order valence-corrected chi connectivity index (χ3v) is 3.48. The zero-order valence-corrected chi connectivity index (χ0v) is 14.1. The van der Waals surface area contributed by atoms with E-state index < -0.39 is 0 Å². The number of aromatic nitrogens is 2. The Bertz CT molecular complexity index is 627. The van der Waals surface area contributed by atoms with E-state index in [-0.39, 0.29) is 30.7 Å². The van der Waals surface area contributed by atoms with E-state index in [9.17, 15) is 4.79 Å². The molecule has 0 aliphatic carbocycles. The number of anilines is 3. The van der Waals surface area contributed by atoms with E-state index in [1.54, 1.807) is 24.4 Å². The van der Waals surface area contributed by atoms with Crippen LogP contribution in [0.4, 0.5) is 17.3 Å². The average molecular weight is 356 g/mol. The van der Waals surface area contributed by atoms with Crippen LogP contribution in [0.5, 0.6) is 0 Å². The van der Waals surface area contributed by atoms with Gasteiger partial charge < -0.3 is 16.0 Å². The number of carbonyl (C=O) groups excluding carboxylic acids is 1. The summed E-state index contributed by atoms with van der Waals surface area (Å²) in [6.45, 7) is 2.07. The molecule has 6 nitrogen and oxygen atoms in total. The molecular weight excluding hydrogens is 337 g/mol. The van der Waals surface area contributed by atoms with Crippen molar-refractivity contribution >= 4 is 48.0 Å². The number of nitrogens with zero attached hydrogens (tertiary/aromatic N) is 3. The molecule has 3 N–H and O–H groups in total. The summed E-state index contributed by atoms with van der Waals surface area (Å²) in [5, 5.41) is 2.76. The van der Waals surface area contributed by atoms with Gasteiger partial charge in [0.25, 0.3) is 5.91 Å². The second-order valence-electron chi connectivity index (χ2n) is 5.03. The molecule has 1 aliphatic heterocycles. The van der Waals surface area contributed by atoms with Crippen LogP contribution in [0, 0.1) is 0 Å². The molecule has 2 aromatic rings. The Morgan fingerprint density at radius 3 is 2.35 bits per heavy atom. The summed E-state index contributed by atoms with van der Waals surface area (Å²) >= 11 is 0. The highest BCUT2D eigenvalue weighted by Gasteiger charge is 2.14. The third-order valence-electron chi connectivity index (χ3n) is 3.48. The van der Waals surface area contributed by atoms with E-state index in [1.807, 2.05) is 6.07 Å². The maximum absolute atomic E-state index is 12.1. The topological polar surface area (TPSA) is 84.1 Å². The zero-order chi connectivity index (χ0) is 14.7. The third kappa shape index (κ3) is 4.71. The Labute approximate surface area is 147 Å². The number of halogens is 2. The number of nitrogens with one attached hydrogen (secondary N) is 1. The first-order valence-corrected chi connectivity index (χ1v) is 6.96. The number of pyridine rings is 2. The van der Waals surface area contributed by atoms with Crippen LogP contribution < -0.4 is 16.0 Å². The number of hydrogen-bond acceptors (Lipinski definition) is 5. The fourth-order valence-electron chi connectivity index (χ4n) is 2.34. The summed E-state index contributed by atoms with van der Waals surface area (Å²) in [4.78, 5) is 22.6. The first-order chi connectivity index (χ1) is 10.2. The first-order valence-electron chi connectivity index (χ1n) is 6.96. The highest BCUT2D eigenvalue weighted by Crippen LogP contribution is 2.18. The Morgan fingerprint density at radius 2 is 1.78 bits per heavy atom. The van der Waals surface area contributed by atoms with Crippen LogP contribution in [0.15, 0.2) is 36.7 Å². The second-order valence-corrected chi connectivity index (χ2v) is 5.03. The van der Waals surface area contributed by atoms with Crippen LogP contribution in [-0.2, 0) is 0 Å². The monoisotopic (exact) mass is 355 g/mol. The van der Waals surface area contributed by atoms with Gasteiger partial charge in [0.05, 0.1) is 17.4 Å². The minimum atomic E-state index is -0.206. The van der Waals surface area contributed by atoms with Gasteiger partial charge in [0.2, 0.25) is 0 Å². The highest BCUT2D eigenvalue weighted by molar-refractivity contribution is 6.04. The van der Waals surface area contributed by atoms with Gasteiger partial charge in [0.15, 0.2) is 0 Å². The Morgan fingerprint density at radius 1 is 1.04 bits per heavy atom. The molecule has 1 saturated heterocycles. The van der Waals surface area contributed by atoms with Gasteiger partial charge in [-0.15, -0.1) is 24.8 Å². The van der Waals surface area contributed by atoms with Crippen LogP contribution >= 0.6 is 24.8 Å². The summed E-state index contributed by atoms with van der Waals surface area (Å²) in [6.07, 6.45) is 5.54. The van der Waals surface area contributed by atoms with E-state index in [0.29, 0.717) is 17.1 Å². The van der Waals surface area contributed by atoms with Crippen LogP contribution in [0.3, 0.4) is 0 Å². The van der Waals surface area contributed by atoms with Crippen LogP contribution in [0.25, 0.3) is 0 Å². The average Bonchev–Trinajstić information content (AvgIpc) is 3.04. The predicted molar refractivity (Wildman–Crippen MR) is 96.8 cm³/mol. The van der Waals surface area contributed by atoms with Crippen LogP contribution in [0.1, 0.15) is 23.2 Å². The van der Waals surface area contributed by atoms with Gasteiger partial charge in [-0.1, -0.05) is 0 Å². The maximum atomic E-state index is 12.1. The van der Waals surface area contributed by atoms with Crippen molar-refractivity contribution in [2.75, 3.05) is 29.0 Å². The fraction of sp³-hybridized carbons (Fsp3) is 0.267. The van der Waals surface area contributed by atoms with Crippen LogP contribution in [0.2, 0.25) is 0 Å². The van der Waals surface area contributed by atoms with Gasteiger partial charge in [-0.05, 0) is 37.1 Å². The number of nitrogen functional groups attached to an aromatic ring is 1. The Kier molecular flexibility index (Phi) is 7.06. The van der Waals surface area contributed by atoms with Gasteiger partial charge in [0.1, 0.15) is 11.6 Å². The Balaban J connectivity index is 0.00000132. The summed E-state index contributed by atoms with van der Waals surface area (Å²) < 4.78 is 0. The maximum Gasteiger partial charge on any atom is 0.257 e. The summed E-state index contributed by atoms with van der Waals surface area (Å²) in [6, 6.07) is 7.04. The molecule has 3 rings (SSSR count). The quantitative estimate of drug-likeness (QED) is 0.884. The molecule has 0 unspecified atom stereocenters. The minimum Gasteiger partial charge on any atom is -0.384 e. The first kappa shape index (κ1) is 19.0. The highest BCUT2D eigenvalue weighted by atomic mass is 35.5. The van der Waals surface area contributed by atoms with Crippen molar-refractivity contribution in [2.45, 2.75) is 12.8 Å². The van der Waals surface area contributed by atoms with Crippen molar-refractivity contribution < 1.29 is 4.79 Å². The molecule has 1 fully saturated rings. The molecule has 0 saturated carbocycles. The molecule has 0 radical (unpaired) electrons. The second kappa shape index (κ2) is 8.55. The molecule has 0 bridgehead atoms. The van der Waals surface area contributed by atoms with Gasteiger partial charge in [-0.2, -0.15) is 0 Å². The lowest BCUT2D eigenvalue weighted by atomic mass is 10.2. The molecule has 0 aromatic carbocycles. The summed E-state index contributed by atoms with van der Waals surface area (Å²) in [5.41, 5.74) is 6.64. The Hall–Kier alpha value is -2.05. The lowest BCUT2D eigenvalue weighted by Crippen LogP contribution is -2.19. The normalized spacial score (nSPS) is 13.0. The predicted octanol–water partition coefficient (Wildman–Crippen LogP) is 2.75. The van der Waals surface area contributed by atoms with Crippen molar-refractivity contribution in [3.05, 3.63) is 42.2 Å². The standard InChI is InChI=1S/C15H17N5O.2ClH/c16-13-5-4-12(10-17-13)19-15(21)11-3-6-14(18-9-11)20-7-1-2-8-20;;/h3-6,9-10H,1-2,7-8H2,(H2,16,17)(H,19,21);2*1H. The van der Waals surface area contributed by atoms with Gasteiger partial charge in [0, 0.05) is 19.3 Å². The number of amides is 1. The van der Waals surface area contributed by atoms with Gasteiger partial charge in [-0.25, -0.2) is 9.97 Å². The largest absolute Gasteiger partial charge is 0.384 e. The molecule has 8 heteroatoms. The van der Waals surface area contributed by atoms with E-state index >= 15 is 0 Å². The SMILES string of the molecule is Cl.Cl.Nc1ccc(NC(=O)c2ccc(N3CCCC3)nc2)cn1. The van der Waals surface area contributed by atoms with Crippen molar-refractivity contribution in [2.24, 2.45) is 0 Å². The van der Waals surface area contributed by atoms with Crippen molar-refractivity contribution in [1.29, 1.82) is 0 Å². The lowest BCUT2D eigenvalue weighted by Gasteiger charge is -2.16. The molecule has 1 amide bonds. The van der Waals surface area contributed by atoms with Gasteiger partial charge in [-0.3, -0.25) is 4.79 Å². The minimum absolute atomic E-state index is 0. The van der Waals surface area contributed by atoms with E-state index in [2.05, 4.69) is 20.2 Å². The van der Waals surface area contributed by atoms with Crippen molar-refractivity contribution in [1.82, 2.24) is 9.97 Å².